The first kappa shape index (κ1) is 29.3. The van der Waals surface area contributed by atoms with Gasteiger partial charge in [0.05, 0.1) is 29.4 Å². The van der Waals surface area contributed by atoms with Gasteiger partial charge in [-0.05, 0) is 60.5 Å². The maximum absolute atomic E-state index is 13.0. The number of nitrogens with one attached hydrogen (secondary N) is 2. The fourth-order valence-electron chi connectivity index (χ4n) is 3.79. The smallest absolute Gasteiger partial charge is 0.329 e. The normalized spacial score (nSPS) is 13.8. The molecule has 0 aliphatic carbocycles. The molecule has 4 amide bonds. The summed E-state index contributed by atoms with van der Waals surface area (Å²) in [5.74, 6) is 0.135. The monoisotopic (exact) mass is 647 g/mol. The van der Waals surface area contributed by atoms with Crippen molar-refractivity contribution in [2.24, 2.45) is 0 Å². The molecule has 0 saturated carbocycles. The molecule has 1 saturated heterocycles. The molecule has 1 aliphatic rings. The number of nitrogens with zero attached hydrogens (tertiary/aromatic N) is 1. The van der Waals surface area contributed by atoms with Crippen molar-refractivity contribution in [1.29, 1.82) is 0 Å². The summed E-state index contributed by atoms with van der Waals surface area (Å²) in [5.41, 5.74) is 1.79. The zero-order valence-corrected chi connectivity index (χ0v) is 24.5. The van der Waals surface area contributed by atoms with E-state index < -0.39 is 24.4 Å². The minimum absolute atomic E-state index is 0.00251. The summed E-state index contributed by atoms with van der Waals surface area (Å²) in [5, 5.41) is 6.04. The second-order valence-corrected chi connectivity index (χ2v) is 10.1. The Morgan fingerprint density at radius 2 is 1.77 bits per heavy atom. The molecule has 1 aliphatic heterocycles. The molecule has 1 fully saturated rings. The number of benzene rings is 3. The number of hydrogen-bond donors (Lipinski definition) is 2. The van der Waals surface area contributed by atoms with Gasteiger partial charge in [-0.2, -0.15) is 0 Å². The van der Waals surface area contributed by atoms with Crippen LogP contribution in [0.3, 0.4) is 0 Å². The number of anilines is 1. The van der Waals surface area contributed by atoms with E-state index in [1.54, 1.807) is 54.6 Å². The lowest BCUT2D eigenvalue weighted by Crippen LogP contribution is -2.38. The Kier molecular flexibility index (Phi) is 9.57. The first-order valence-electron chi connectivity index (χ1n) is 12.0. The van der Waals surface area contributed by atoms with Crippen LogP contribution in [0.1, 0.15) is 18.1 Å². The van der Waals surface area contributed by atoms with Gasteiger partial charge in [0, 0.05) is 4.47 Å². The van der Waals surface area contributed by atoms with Gasteiger partial charge in [0.2, 0.25) is 5.91 Å². The number of rotatable bonds is 10. The molecule has 0 atom stereocenters. The van der Waals surface area contributed by atoms with Gasteiger partial charge in [0.15, 0.2) is 11.5 Å². The van der Waals surface area contributed by atoms with Crippen molar-refractivity contribution in [2.75, 3.05) is 25.6 Å². The third-order valence-corrected chi connectivity index (χ3v) is 7.11. The Morgan fingerprint density at radius 1 is 1.02 bits per heavy atom. The topological polar surface area (TPSA) is 106 Å². The Bertz CT molecular complexity index is 1500. The summed E-state index contributed by atoms with van der Waals surface area (Å²) >= 11 is 15.6. The Hall–Kier alpha value is -3.73. The summed E-state index contributed by atoms with van der Waals surface area (Å²) in [6.07, 6.45) is 1.49. The summed E-state index contributed by atoms with van der Waals surface area (Å²) in [6, 6.07) is 14.7. The van der Waals surface area contributed by atoms with Gasteiger partial charge in [-0.3, -0.25) is 9.59 Å². The SMILES string of the molecule is CCOc1cc(/C=C2/NC(=O)N(CC(=O)Nc3ccccc3OC)C2=O)c(Br)cc1OCc1ccc(Cl)c(Cl)c1. The molecule has 0 spiro atoms. The number of para-hydroxylation sites is 2. The summed E-state index contributed by atoms with van der Waals surface area (Å²) in [7, 11) is 1.48. The van der Waals surface area contributed by atoms with E-state index in [0.717, 1.165) is 10.5 Å². The predicted molar refractivity (Wildman–Crippen MR) is 156 cm³/mol. The van der Waals surface area contributed by atoms with E-state index in [1.807, 2.05) is 6.92 Å². The highest BCUT2D eigenvalue weighted by atomic mass is 79.9. The molecule has 4 rings (SSSR count). The van der Waals surface area contributed by atoms with Crippen LogP contribution in [-0.4, -0.2) is 43.0 Å². The van der Waals surface area contributed by atoms with Crippen molar-refractivity contribution in [3.8, 4) is 17.2 Å². The van der Waals surface area contributed by atoms with Gasteiger partial charge in [0.25, 0.3) is 5.91 Å². The Balaban J connectivity index is 1.49. The van der Waals surface area contributed by atoms with E-state index in [-0.39, 0.29) is 12.3 Å². The van der Waals surface area contributed by atoms with Crippen molar-refractivity contribution in [2.45, 2.75) is 13.5 Å². The number of carbonyl (C=O) groups is 3. The number of urea groups is 1. The van der Waals surface area contributed by atoms with Crippen LogP contribution < -0.4 is 24.8 Å². The minimum Gasteiger partial charge on any atom is -0.495 e. The van der Waals surface area contributed by atoms with Crippen LogP contribution in [0.15, 0.2) is 64.8 Å². The minimum atomic E-state index is -0.714. The first-order valence-corrected chi connectivity index (χ1v) is 13.6. The number of halogens is 3. The van der Waals surface area contributed by atoms with Crippen LogP contribution in [0.2, 0.25) is 10.0 Å². The van der Waals surface area contributed by atoms with Crippen LogP contribution in [-0.2, 0) is 16.2 Å². The molecule has 0 aromatic heterocycles. The third kappa shape index (κ3) is 6.88. The largest absolute Gasteiger partial charge is 0.495 e. The molecule has 3 aromatic carbocycles. The number of amides is 4. The van der Waals surface area contributed by atoms with Crippen molar-refractivity contribution in [3.63, 3.8) is 0 Å². The molecular weight excluding hydrogens is 625 g/mol. The Labute approximate surface area is 249 Å². The zero-order valence-electron chi connectivity index (χ0n) is 21.4. The number of methoxy groups -OCH3 is 1. The van der Waals surface area contributed by atoms with Crippen molar-refractivity contribution in [1.82, 2.24) is 10.2 Å². The molecule has 0 radical (unpaired) electrons. The van der Waals surface area contributed by atoms with Crippen LogP contribution in [0.4, 0.5) is 10.5 Å². The molecule has 9 nitrogen and oxygen atoms in total. The van der Waals surface area contributed by atoms with E-state index in [4.69, 9.17) is 37.4 Å². The van der Waals surface area contributed by atoms with Crippen LogP contribution >= 0.6 is 39.1 Å². The number of hydrogen-bond acceptors (Lipinski definition) is 6. The predicted octanol–water partition coefficient (Wildman–Crippen LogP) is 6.27. The fraction of sp³-hybridized carbons (Fsp3) is 0.179. The third-order valence-electron chi connectivity index (χ3n) is 5.69. The molecular formula is C28H24BrCl2N3O6. The fourth-order valence-corrected chi connectivity index (χ4v) is 4.54. The highest BCUT2D eigenvalue weighted by Crippen LogP contribution is 2.36. The van der Waals surface area contributed by atoms with E-state index in [0.29, 0.717) is 49.6 Å². The average molecular weight is 649 g/mol. The maximum Gasteiger partial charge on any atom is 0.329 e. The number of carbonyl (C=O) groups excluding carboxylic acids is 3. The van der Waals surface area contributed by atoms with Gasteiger partial charge >= 0.3 is 6.03 Å². The van der Waals surface area contributed by atoms with Crippen LogP contribution in [0.5, 0.6) is 17.2 Å². The standard InChI is InChI=1S/C28H24BrCl2N3O6/c1-3-39-24-12-17(18(29)13-25(24)40-15-16-8-9-19(30)20(31)10-16)11-22-27(36)34(28(37)33-22)14-26(35)32-21-6-4-5-7-23(21)38-2/h4-13H,3,14-15H2,1-2H3,(H,32,35)(H,33,37)/b22-11+. The van der Waals surface area contributed by atoms with Crippen LogP contribution in [0, 0.1) is 0 Å². The molecule has 40 heavy (non-hydrogen) atoms. The second-order valence-electron chi connectivity index (χ2n) is 8.42. The van der Waals surface area contributed by atoms with E-state index in [2.05, 4.69) is 26.6 Å². The van der Waals surface area contributed by atoms with Crippen LogP contribution in [0.25, 0.3) is 6.08 Å². The van der Waals surface area contributed by atoms with Crippen molar-refractivity contribution >= 4 is 68.7 Å². The molecule has 0 unspecified atom stereocenters. The number of imide groups is 1. The lowest BCUT2D eigenvalue weighted by molar-refractivity contribution is -0.127. The lowest BCUT2D eigenvalue weighted by Gasteiger charge is -2.15. The highest BCUT2D eigenvalue weighted by molar-refractivity contribution is 9.10. The summed E-state index contributed by atoms with van der Waals surface area (Å²) in [6.45, 7) is 1.93. The van der Waals surface area contributed by atoms with E-state index in [1.165, 1.54) is 13.2 Å². The molecule has 0 bridgehead atoms. The van der Waals surface area contributed by atoms with Gasteiger partial charge < -0.3 is 24.8 Å². The van der Waals surface area contributed by atoms with Gasteiger partial charge in [-0.25, -0.2) is 9.69 Å². The number of ether oxygens (including phenoxy) is 3. The van der Waals surface area contributed by atoms with Gasteiger partial charge in [-0.1, -0.05) is 57.3 Å². The lowest BCUT2D eigenvalue weighted by atomic mass is 10.1. The summed E-state index contributed by atoms with van der Waals surface area (Å²) < 4.78 is 17.5. The molecule has 12 heteroatoms. The molecule has 1 heterocycles. The first-order chi connectivity index (χ1) is 19.2. The molecule has 3 aromatic rings. The van der Waals surface area contributed by atoms with Gasteiger partial charge in [-0.15, -0.1) is 0 Å². The second kappa shape index (κ2) is 13.1. The highest BCUT2D eigenvalue weighted by Gasteiger charge is 2.35. The summed E-state index contributed by atoms with van der Waals surface area (Å²) in [4.78, 5) is 39.0. The zero-order chi connectivity index (χ0) is 28.8. The van der Waals surface area contributed by atoms with Crippen molar-refractivity contribution < 1.29 is 28.6 Å². The van der Waals surface area contributed by atoms with Crippen molar-refractivity contribution in [3.05, 3.63) is 85.9 Å². The average Bonchev–Trinajstić information content (AvgIpc) is 3.19. The maximum atomic E-state index is 13.0. The molecule has 208 valence electrons. The van der Waals surface area contributed by atoms with E-state index >= 15 is 0 Å². The quantitative estimate of drug-likeness (QED) is 0.198. The van der Waals surface area contributed by atoms with E-state index in [9.17, 15) is 14.4 Å². The molecule has 2 N–H and O–H groups in total. The van der Waals surface area contributed by atoms with Gasteiger partial charge in [0.1, 0.15) is 24.6 Å². The Morgan fingerprint density at radius 3 is 2.50 bits per heavy atom.